The van der Waals surface area contributed by atoms with Gasteiger partial charge in [0, 0.05) is 36.3 Å². The fourth-order valence-electron chi connectivity index (χ4n) is 3.45. The third-order valence-corrected chi connectivity index (χ3v) is 5.23. The van der Waals surface area contributed by atoms with Gasteiger partial charge < -0.3 is 19.7 Å². The van der Waals surface area contributed by atoms with Gasteiger partial charge >= 0.3 is 6.18 Å². The maximum atomic E-state index is 12.8. The summed E-state index contributed by atoms with van der Waals surface area (Å²) < 4.78 is 48.3. The van der Waals surface area contributed by atoms with Gasteiger partial charge in [0.1, 0.15) is 11.5 Å². The van der Waals surface area contributed by atoms with Crippen LogP contribution in [0.1, 0.15) is 28.8 Å². The molecule has 0 spiro atoms. The number of likely N-dealkylation sites (tertiary alicyclic amines) is 1. The number of hydrogen-bond acceptors (Lipinski definition) is 4. The first-order valence-electron chi connectivity index (χ1n) is 9.71. The van der Waals surface area contributed by atoms with Crippen molar-refractivity contribution >= 4 is 17.5 Å². The van der Waals surface area contributed by atoms with E-state index in [-0.39, 0.29) is 17.7 Å². The van der Waals surface area contributed by atoms with Crippen molar-refractivity contribution in [2.75, 3.05) is 32.6 Å². The highest BCUT2D eigenvalue weighted by Gasteiger charge is 2.31. The molecule has 2 amide bonds. The lowest BCUT2D eigenvalue weighted by Crippen LogP contribution is -2.41. The maximum absolute atomic E-state index is 12.8. The summed E-state index contributed by atoms with van der Waals surface area (Å²) in [6, 6.07) is 9.26. The average Bonchev–Trinajstić information content (AvgIpc) is 2.78. The molecule has 3 rings (SSSR count). The van der Waals surface area contributed by atoms with Crippen molar-refractivity contribution in [1.29, 1.82) is 0 Å². The molecule has 0 saturated carbocycles. The number of ether oxygens (including phenoxy) is 2. The Balaban J connectivity index is 1.58. The number of nitrogens with one attached hydrogen (secondary N) is 1. The number of carbonyl (C=O) groups excluding carboxylic acids is 2. The molecule has 31 heavy (non-hydrogen) atoms. The van der Waals surface area contributed by atoms with Crippen molar-refractivity contribution in [3.63, 3.8) is 0 Å². The third-order valence-electron chi connectivity index (χ3n) is 5.23. The number of halogens is 3. The zero-order chi connectivity index (χ0) is 22.6. The molecule has 1 fully saturated rings. The van der Waals surface area contributed by atoms with Crippen LogP contribution in [-0.2, 0) is 11.0 Å². The summed E-state index contributed by atoms with van der Waals surface area (Å²) in [5, 5.41) is 2.65. The third kappa shape index (κ3) is 5.48. The largest absolute Gasteiger partial charge is 0.497 e. The Hall–Kier alpha value is -3.23. The number of methoxy groups -OCH3 is 2. The van der Waals surface area contributed by atoms with Gasteiger partial charge in [0.25, 0.3) is 5.91 Å². The molecule has 1 saturated heterocycles. The molecule has 0 unspecified atom stereocenters. The fourth-order valence-corrected chi connectivity index (χ4v) is 3.45. The first-order chi connectivity index (χ1) is 14.7. The lowest BCUT2D eigenvalue weighted by Gasteiger charge is -2.31. The van der Waals surface area contributed by atoms with Crippen molar-refractivity contribution < 1.29 is 32.2 Å². The molecule has 0 aliphatic carbocycles. The Bertz CT molecular complexity index is 915. The number of rotatable bonds is 5. The second-order valence-corrected chi connectivity index (χ2v) is 7.23. The van der Waals surface area contributed by atoms with Crippen LogP contribution in [0.5, 0.6) is 11.5 Å². The highest BCUT2D eigenvalue weighted by Crippen LogP contribution is 2.30. The highest BCUT2D eigenvalue weighted by molar-refractivity contribution is 5.96. The van der Waals surface area contributed by atoms with Crippen molar-refractivity contribution in [2.45, 2.75) is 19.0 Å². The first-order valence-corrected chi connectivity index (χ1v) is 9.71. The van der Waals surface area contributed by atoms with Crippen molar-refractivity contribution in [2.24, 2.45) is 5.92 Å². The molecule has 0 atom stereocenters. The zero-order valence-electron chi connectivity index (χ0n) is 17.2. The zero-order valence-corrected chi connectivity index (χ0v) is 17.2. The van der Waals surface area contributed by atoms with Gasteiger partial charge in [-0.3, -0.25) is 9.59 Å². The fraction of sp³-hybridized carbons (Fsp3) is 0.364. The molecule has 1 aliphatic heterocycles. The van der Waals surface area contributed by atoms with E-state index in [1.807, 2.05) is 0 Å². The van der Waals surface area contributed by atoms with E-state index in [2.05, 4.69) is 5.32 Å². The minimum atomic E-state index is -4.42. The predicted octanol–water partition coefficient (Wildman–Crippen LogP) is 4.21. The van der Waals surface area contributed by atoms with Gasteiger partial charge in [0.15, 0.2) is 0 Å². The van der Waals surface area contributed by atoms with Gasteiger partial charge in [-0.2, -0.15) is 13.2 Å². The number of anilines is 1. The number of alkyl halides is 3. The minimum absolute atomic E-state index is 0.182. The summed E-state index contributed by atoms with van der Waals surface area (Å²) in [7, 11) is 3.01. The molecule has 1 N–H and O–H groups in total. The molecule has 6 nitrogen and oxygen atoms in total. The van der Waals surface area contributed by atoms with Crippen LogP contribution in [0.15, 0.2) is 42.5 Å². The van der Waals surface area contributed by atoms with Gasteiger partial charge in [0.05, 0.1) is 19.8 Å². The van der Waals surface area contributed by atoms with Gasteiger partial charge in [-0.25, -0.2) is 0 Å². The minimum Gasteiger partial charge on any atom is -0.497 e. The Labute approximate surface area is 177 Å². The Morgan fingerprint density at radius 3 is 2.00 bits per heavy atom. The summed E-state index contributed by atoms with van der Waals surface area (Å²) >= 11 is 0. The monoisotopic (exact) mass is 436 g/mol. The molecule has 2 aromatic rings. The standard InChI is InChI=1S/C22H23F3N2O4/c1-30-18-11-15(12-19(13-18)31-2)21(29)27-9-7-14(8-10-27)20(28)26-17-5-3-16(4-6-17)22(23,24)25/h3-6,11-14H,7-10H2,1-2H3,(H,26,28). The normalized spacial score (nSPS) is 14.8. The second-order valence-electron chi connectivity index (χ2n) is 7.23. The van der Waals surface area contributed by atoms with Crippen LogP contribution < -0.4 is 14.8 Å². The molecule has 2 aromatic carbocycles. The molecule has 0 aromatic heterocycles. The second kappa shape index (κ2) is 9.28. The number of hydrogen-bond donors (Lipinski definition) is 1. The molecule has 9 heteroatoms. The highest BCUT2D eigenvalue weighted by atomic mass is 19.4. The van der Waals surface area contributed by atoms with E-state index >= 15 is 0 Å². The molecular formula is C22H23F3N2O4. The van der Waals surface area contributed by atoms with E-state index in [9.17, 15) is 22.8 Å². The topological polar surface area (TPSA) is 67.9 Å². The lowest BCUT2D eigenvalue weighted by molar-refractivity contribution is -0.137. The smallest absolute Gasteiger partial charge is 0.416 e. The van der Waals surface area contributed by atoms with Gasteiger partial charge in [0.2, 0.25) is 5.91 Å². The van der Waals surface area contributed by atoms with Gasteiger partial charge in [-0.15, -0.1) is 0 Å². The number of amides is 2. The summed E-state index contributed by atoms with van der Waals surface area (Å²) in [4.78, 5) is 27.0. The van der Waals surface area contributed by atoms with Crippen LogP contribution in [0, 0.1) is 5.92 Å². The molecule has 1 heterocycles. The van der Waals surface area contributed by atoms with E-state index in [0.29, 0.717) is 48.7 Å². The quantitative estimate of drug-likeness (QED) is 0.763. The predicted molar refractivity (Wildman–Crippen MR) is 108 cm³/mol. The van der Waals surface area contributed by atoms with Gasteiger partial charge in [-0.1, -0.05) is 0 Å². The molecule has 1 aliphatic rings. The summed E-state index contributed by atoms with van der Waals surface area (Å²) in [6.07, 6.45) is -3.51. The van der Waals surface area contributed by atoms with E-state index < -0.39 is 11.7 Å². The maximum Gasteiger partial charge on any atom is 0.416 e. The number of carbonyl (C=O) groups is 2. The average molecular weight is 436 g/mol. The van der Waals surface area contributed by atoms with Crippen LogP contribution in [0.2, 0.25) is 0 Å². The number of piperidine rings is 1. The van der Waals surface area contributed by atoms with E-state index in [1.54, 1.807) is 23.1 Å². The number of benzene rings is 2. The van der Waals surface area contributed by atoms with Crippen LogP contribution in [0.4, 0.5) is 18.9 Å². The SMILES string of the molecule is COc1cc(OC)cc(C(=O)N2CCC(C(=O)Nc3ccc(C(F)(F)F)cc3)CC2)c1. The first kappa shape index (κ1) is 22.5. The molecule has 0 bridgehead atoms. The lowest BCUT2D eigenvalue weighted by atomic mass is 9.95. The van der Waals surface area contributed by atoms with E-state index in [0.717, 1.165) is 12.1 Å². The Kier molecular flexibility index (Phi) is 6.72. The molecular weight excluding hydrogens is 413 g/mol. The Morgan fingerprint density at radius 2 is 1.52 bits per heavy atom. The van der Waals surface area contributed by atoms with Crippen molar-refractivity contribution in [3.8, 4) is 11.5 Å². The number of nitrogens with zero attached hydrogens (tertiary/aromatic N) is 1. The van der Waals surface area contributed by atoms with Crippen LogP contribution >= 0.6 is 0 Å². The van der Waals surface area contributed by atoms with Crippen molar-refractivity contribution in [3.05, 3.63) is 53.6 Å². The Morgan fingerprint density at radius 1 is 0.968 bits per heavy atom. The summed E-state index contributed by atoms with van der Waals surface area (Å²) in [5.74, 6) is 0.238. The van der Waals surface area contributed by atoms with Crippen LogP contribution in [-0.4, -0.2) is 44.0 Å². The molecule has 166 valence electrons. The summed E-state index contributed by atoms with van der Waals surface area (Å²) in [5.41, 5.74) is -0.0321. The van der Waals surface area contributed by atoms with E-state index in [1.165, 1.54) is 26.4 Å². The van der Waals surface area contributed by atoms with Gasteiger partial charge in [-0.05, 0) is 49.2 Å². The van der Waals surface area contributed by atoms with Crippen LogP contribution in [0.25, 0.3) is 0 Å². The summed E-state index contributed by atoms with van der Waals surface area (Å²) in [6.45, 7) is 0.785. The van der Waals surface area contributed by atoms with E-state index in [4.69, 9.17) is 9.47 Å². The van der Waals surface area contributed by atoms with Crippen molar-refractivity contribution in [1.82, 2.24) is 4.90 Å². The molecule has 0 radical (unpaired) electrons. The van der Waals surface area contributed by atoms with Crippen LogP contribution in [0.3, 0.4) is 0 Å².